The highest BCUT2D eigenvalue weighted by Gasteiger charge is 2.23. The van der Waals surface area contributed by atoms with E-state index in [2.05, 4.69) is 57.1 Å². The molecular formula is C35H38ClN7O3. The molecule has 5 rings (SSSR count). The number of carbonyl (C=O) groups is 1. The second-order valence-electron chi connectivity index (χ2n) is 11.4. The van der Waals surface area contributed by atoms with Gasteiger partial charge in [0.05, 0.1) is 39.8 Å². The molecule has 1 saturated heterocycles. The molecule has 0 saturated carbocycles. The number of rotatable bonds is 12. The lowest BCUT2D eigenvalue weighted by atomic mass is 10.0. The molecule has 4 aromatic rings. The number of pyridine rings is 2. The van der Waals surface area contributed by atoms with Crippen LogP contribution in [0.2, 0.25) is 5.02 Å². The third-order valence-corrected chi connectivity index (χ3v) is 8.26. The number of amides is 1. The Morgan fingerprint density at radius 3 is 2.61 bits per heavy atom. The summed E-state index contributed by atoms with van der Waals surface area (Å²) in [5.41, 5.74) is 3.79. The van der Waals surface area contributed by atoms with Crippen molar-refractivity contribution in [1.29, 1.82) is 5.26 Å². The normalized spacial score (nSPS) is 13.7. The standard InChI is InChI=1S/C35H38ClN7O3/c1-5-45-33-18-30-28(17-31(33)41-35(44)23(2)21-43-14-11-27(12-15-43)42(3)4)34(24(19-37)20-39-30)40-25-9-10-32(29(36)16-25)46-22-26-8-6-7-13-38-26/h6-10,13,16-18,20,27H,2,5,11-12,14-15,21-22H2,1,3-4H3,(H,39,40)(H,41,44). The molecule has 0 unspecified atom stereocenters. The van der Waals surface area contributed by atoms with Crippen LogP contribution >= 0.6 is 11.6 Å². The second kappa shape index (κ2) is 15.1. The molecule has 2 N–H and O–H groups in total. The lowest BCUT2D eigenvalue weighted by molar-refractivity contribution is -0.113. The van der Waals surface area contributed by atoms with Crippen LogP contribution in [0.1, 0.15) is 31.0 Å². The molecule has 0 bridgehead atoms. The highest BCUT2D eigenvalue weighted by Crippen LogP contribution is 2.37. The van der Waals surface area contributed by atoms with Gasteiger partial charge in [0.2, 0.25) is 0 Å². The first kappa shape index (κ1) is 32.7. The smallest absolute Gasteiger partial charge is 0.252 e. The van der Waals surface area contributed by atoms with Crippen LogP contribution in [0.3, 0.4) is 0 Å². The van der Waals surface area contributed by atoms with Crippen LogP contribution in [-0.4, -0.2) is 72.1 Å². The van der Waals surface area contributed by atoms with Gasteiger partial charge in [-0.1, -0.05) is 24.2 Å². The molecule has 1 aliphatic heterocycles. The number of nitrogens with one attached hydrogen (secondary N) is 2. The predicted octanol–water partition coefficient (Wildman–Crippen LogP) is 6.40. The van der Waals surface area contributed by atoms with E-state index in [9.17, 15) is 10.1 Å². The monoisotopic (exact) mass is 639 g/mol. The highest BCUT2D eigenvalue weighted by molar-refractivity contribution is 6.32. The van der Waals surface area contributed by atoms with Crippen molar-refractivity contribution in [2.75, 3.05) is 51.0 Å². The summed E-state index contributed by atoms with van der Waals surface area (Å²) >= 11 is 6.57. The number of fused-ring (bicyclic) bond motifs is 1. The number of hydrogen-bond acceptors (Lipinski definition) is 9. The fourth-order valence-corrected chi connectivity index (χ4v) is 5.67. The molecule has 1 aliphatic rings. The number of aromatic nitrogens is 2. The average molecular weight is 640 g/mol. The van der Waals surface area contributed by atoms with Crippen LogP contribution in [-0.2, 0) is 11.4 Å². The molecule has 0 aliphatic carbocycles. The number of likely N-dealkylation sites (tertiary alicyclic amines) is 1. The van der Waals surface area contributed by atoms with Crippen molar-refractivity contribution in [2.24, 2.45) is 0 Å². The first-order chi connectivity index (χ1) is 22.2. The van der Waals surface area contributed by atoms with Crippen molar-refractivity contribution < 1.29 is 14.3 Å². The van der Waals surface area contributed by atoms with Crippen molar-refractivity contribution >= 4 is 45.5 Å². The molecule has 0 atom stereocenters. The zero-order valence-electron chi connectivity index (χ0n) is 26.3. The van der Waals surface area contributed by atoms with Gasteiger partial charge in [-0.3, -0.25) is 19.7 Å². The summed E-state index contributed by atoms with van der Waals surface area (Å²) in [5.74, 6) is 0.692. The lowest BCUT2D eigenvalue weighted by Crippen LogP contribution is -2.43. The maximum Gasteiger partial charge on any atom is 0.252 e. The lowest BCUT2D eigenvalue weighted by Gasteiger charge is -2.35. The zero-order valence-corrected chi connectivity index (χ0v) is 27.1. The van der Waals surface area contributed by atoms with Gasteiger partial charge in [0.25, 0.3) is 5.91 Å². The molecule has 3 heterocycles. The number of ether oxygens (including phenoxy) is 2. The Morgan fingerprint density at radius 2 is 1.93 bits per heavy atom. The van der Waals surface area contributed by atoms with Gasteiger partial charge in [0.15, 0.2) is 0 Å². The Kier molecular flexibility index (Phi) is 10.7. The van der Waals surface area contributed by atoms with Crippen molar-refractivity contribution in [2.45, 2.75) is 32.4 Å². The van der Waals surface area contributed by atoms with Crippen LogP contribution in [0.4, 0.5) is 17.1 Å². The summed E-state index contributed by atoms with van der Waals surface area (Å²) in [6.07, 6.45) is 5.32. The minimum Gasteiger partial charge on any atom is -0.492 e. The fraction of sp³-hybridized carbons (Fsp3) is 0.314. The predicted molar refractivity (Wildman–Crippen MR) is 182 cm³/mol. The van der Waals surface area contributed by atoms with Gasteiger partial charge in [-0.15, -0.1) is 0 Å². The Hall–Kier alpha value is -4.69. The van der Waals surface area contributed by atoms with Gasteiger partial charge in [0.1, 0.15) is 24.2 Å². The van der Waals surface area contributed by atoms with E-state index in [0.29, 0.717) is 74.8 Å². The van der Waals surface area contributed by atoms with Crippen molar-refractivity contribution in [3.05, 3.63) is 89.4 Å². The van der Waals surface area contributed by atoms with E-state index in [4.69, 9.17) is 21.1 Å². The van der Waals surface area contributed by atoms with Gasteiger partial charge in [-0.05, 0) is 83.3 Å². The fourth-order valence-electron chi connectivity index (χ4n) is 5.43. The van der Waals surface area contributed by atoms with Gasteiger partial charge in [-0.25, -0.2) is 0 Å². The molecule has 10 nitrogen and oxygen atoms in total. The van der Waals surface area contributed by atoms with Crippen LogP contribution in [0.25, 0.3) is 10.9 Å². The van der Waals surface area contributed by atoms with Crippen LogP contribution < -0.4 is 20.1 Å². The summed E-state index contributed by atoms with van der Waals surface area (Å²) in [7, 11) is 4.21. The van der Waals surface area contributed by atoms with E-state index in [-0.39, 0.29) is 12.5 Å². The number of anilines is 3. The van der Waals surface area contributed by atoms with Crippen molar-refractivity contribution in [1.82, 2.24) is 19.8 Å². The van der Waals surface area contributed by atoms with E-state index in [1.807, 2.05) is 31.2 Å². The van der Waals surface area contributed by atoms with E-state index in [0.717, 1.165) is 31.6 Å². The molecule has 0 spiro atoms. The van der Waals surface area contributed by atoms with E-state index in [1.54, 1.807) is 30.5 Å². The molecule has 11 heteroatoms. The first-order valence-corrected chi connectivity index (χ1v) is 15.6. The summed E-state index contributed by atoms with van der Waals surface area (Å²) in [4.78, 5) is 26.6. The minimum absolute atomic E-state index is 0.277. The number of piperidine rings is 1. The summed E-state index contributed by atoms with van der Waals surface area (Å²) in [6.45, 7) is 8.94. The second-order valence-corrected chi connectivity index (χ2v) is 11.8. The van der Waals surface area contributed by atoms with Crippen LogP contribution in [0, 0.1) is 11.3 Å². The zero-order chi connectivity index (χ0) is 32.6. The Bertz CT molecular complexity index is 1750. The van der Waals surface area contributed by atoms with E-state index < -0.39 is 0 Å². The van der Waals surface area contributed by atoms with Crippen molar-refractivity contribution in [3.8, 4) is 17.6 Å². The number of hydrogen-bond donors (Lipinski definition) is 2. The Balaban J connectivity index is 1.37. The number of nitriles is 1. The van der Waals surface area contributed by atoms with E-state index >= 15 is 0 Å². The van der Waals surface area contributed by atoms with Gasteiger partial charge in [-0.2, -0.15) is 5.26 Å². The molecule has 46 heavy (non-hydrogen) atoms. The molecule has 1 amide bonds. The molecular weight excluding hydrogens is 602 g/mol. The van der Waals surface area contributed by atoms with Gasteiger partial charge in [0, 0.05) is 47.7 Å². The van der Waals surface area contributed by atoms with Crippen LogP contribution in [0.15, 0.2) is 73.1 Å². The largest absolute Gasteiger partial charge is 0.492 e. The number of nitrogens with zero attached hydrogens (tertiary/aromatic N) is 5. The maximum absolute atomic E-state index is 13.3. The number of carbonyl (C=O) groups excluding carboxylic acids is 1. The molecule has 0 radical (unpaired) electrons. The molecule has 238 valence electrons. The SMILES string of the molecule is C=C(CN1CCC(N(C)C)CC1)C(=O)Nc1cc2c(Nc3ccc(OCc4ccccn4)c(Cl)c3)c(C#N)cnc2cc1OCC. The molecule has 2 aromatic carbocycles. The third-order valence-electron chi connectivity index (χ3n) is 7.96. The van der Waals surface area contributed by atoms with Gasteiger partial charge < -0.3 is 25.0 Å². The summed E-state index contributed by atoms with van der Waals surface area (Å²) < 4.78 is 11.8. The molecule has 1 fully saturated rings. The minimum atomic E-state index is -0.290. The van der Waals surface area contributed by atoms with E-state index in [1.165, 1.54) is 6.20 Å². The number of benzene rings is 2. The quantitative estimate of drug-likeness (QED) is 0.170. The Labute approximate surface area is 274 Å². The third kappa shape index (κ3) is 7.93. The van der Waals surface area contributed by atoms with Crippen molar-refractivity contribution in [3.63, 3.8) is 0 Å². The summed E-state index contributed by atoms with van der Waals surface area (Å²) in [5, 5.41) is 17.3. The summed E-state index contributed by atoms with van der Waals surface area (Å²) in [6, 6.07) is 17.2. The average Bonchev–Trinajstić information content (AvgIpc) is 3.05. The highest BCUT2D eigenvalue weighted by atomic mass is 35.5. The maximum atomic E-state index is 13.3. The number of halogens is 1. The topological polar surface area (TPSA) is 116 Å². The Morgan fingerprint density at radius 1 is 1.13 bits per heavy atom. The molecule has 2 aromatic heterocycles. The first-order valence-electron chi connectivity index (χ1n) is 15.2. The van der Waals surface area contributed by atoms with Crippen LogP contribution in [0.5, 0.6) is 11.5 Å². The van der Waals surface area contributed by atoms with Gasteiger partial charge >= 0.3 is 0 Å².